The van der Waals surface area contributed by atoms with Crippen LogP contribution < -0.4 is 0 Å². The molecule has 0 radical (unpaired) electrons. The van der Waals surface area contributed by atoms with Crippen LogP contribution in [0.5, 0.6) is 0 Å². The molecule has 0 fully saturated rings. The number of rotatable bonds is 3. The van der Waals surface area contributed by atoms with Gasteiger partial charge in [-0.2, -0.15) is 9.98 Å². The van der Waals surface area contributed by atoms with Crippen LogP contribution in [0.25, 0.3) is 0 Å². The van der Waals surface area contributed by atoms with Crippen molar-refractivity contribution >= 4 is 23.5 Å². The topological polar surface area (TPSA) is 58.9 Å². The van der Waals surface area contributed by atoms with Crippen molar-refractivity contribution in [2.45, 2.75) is 40.5 Å². The molecule has 0 heterocycles. The molecule has 0 aromatic heterocycles. The van der Waals surface area contributed by atoms with E-state index < -0.39 is 0 Å². The highest BCUT2D eigenvalue weighted by Crippen LogP contribution is 2.41. The van der Waals surface area contributed by atoms with E-state index in [9.17, 15) is 9.59 Å². The van der Waals surface area contributed by atoms with E-state index in [2.05, 4.69) is 9.98 Å². The Balaban J connectivity index is 3.86. The van der Waals surface area contributed by atoms with Gasteiger partial charge < -0.3 is 0 Å². The Morgan fingerprint density at radius 3 is 1.72 bits per heavy atom. The van der Waals surface area contributed by atoms with Crippen molar-refractivity contribution in [3.05, 3.63) is 22.3 Å². The van der Waals surface area contributed by atoms with Crippen molar-refractivity contribution in [1.29, 1.82) is 0 Å². The molecule has 0 aliphatic rings. The molecule has 0 saturated carbocycles. The van der Waals surface area contributed by atoms with Gasteiger partial charge in [0, 0.05) is 0 Å². The van der Waals surface area contributed by atoms with Crippen LogP contribution in [0.15, 0.2) is 9.98 Å². The highest BCUT2D eigenvalue weighted by atomic mass is 16.1. The van der Waals surface area contributed by atoms with Crippen molar-refractivity contribution in [2.75, 3.05) is 0 Å². The summed E-state index contributed by atoms with van der Waals surface area (Å²) in [6.07, 6.45) is 3.17. The summed E-state index contributed by atoms with van der Waals surface area (Å²) in [5.74, 6) is 0.178. The van der Waals surface area contributed by atoms with E-state index >= 15 is 0 Å². The molecule has 1 aromatic rings. The Hall–Kier alpha value is -2.02. The van der Waals surface area contributed by atoms with Gasteiger partial charge in [-0.25, -0.2) is 9.59 Å². The summed E-state index contributed by atoms with van der Waals surface area (Å²) in [4.78, 5) is 28.6. The molecule has 1 aromatic carbocycles. The highest BCUT2D eigenvalue weighted by Gasteiger charge is 2.19. The van der Waals surface area contributed by atoms with Crippen LogP contribution in [-0.4, -0.2) is 12.2 Å². The van der Waals surface area contributed by atoms with Crippen LogP contribution in [0.3, 0.4) is 0 Å². The molecular formula is C14H16N2O2. The van der Waals surface area contributed by atoms with Gasteiger partial charge in [0.25, 0.3) is 0 Å². The summed E-state index contributed by atoms with van der Waals surface area (Å²) < 4.78 is 0. The second kappa shape index (κ2) is 5.54. The van der Waals surface area contributed by atoms with E-state index in [-0.39, 0.29) is 5.92 Å². The van der Waals surface area contributed by atoms with Gasteiger partial charge in [0.05, 0.1) is 11.4 Å². The lowest BCUT2D eigenvalue weighted by Crippen LogP contribution is -1.98. The van der Waals surface area contributed by atoms with Crippen LogP contribution in [0.2, 0.25) is 0 Å². The minimum atomic E-state index is 0.178. The third-order valence-electron chi connectivity index (χ3n) is 3.18. The second-order valence-electron chi connectivity index (χ2n) is 4.55. The number of benzene rings is 1. The van der Waals surface area contributed by atoms with Crippen LogP contribution in [0.4, 0.5) is 11.4 Å². The first-order valence-corrected chi connectivity index (χ1v) is 5.75. The van der Waals surface area contributed by atoms with Crippen molar-refractivity contribution < 1.29 is 9.59 Å². The average molecular weight is 244 g/mol. The predicted octanol–water partition coefficient (Wildman–Crippen LogP) is 3.67. The molecule has 4 nitrogen and oxygen atoms in total. The molecule has 0 saturated heterocycles. The van der Waals surface area contributed by atoms with Gasteiger partial charge in [-0.05, 0) is 48.9 Å². The quantitative estimate of drug-likeness (QED) is 0.601. The molecule has 0 N–H and O–H groups in total. The zero-order chi connectivity index (χ0) is 13.9. The number of isocyanates is 2. The predicted molar refractivity (Wildman–Crippen MR) is 70.3 cm³/mol. The summed E-state index contributed by atoms with van der Waals surface area (Å²) in [5, 5.41) is 0. The van der Waals surface area contributed by atoms with E-state index in [1.807, 2.05) is 34.6 Å². The Bertz CT molecular complexity index is 576. The van der Waals surface area contributed by atoms with Gasteiger partial charge in [0.2, 0.25) is 12.2 Å². The highest BCUT2D eigenvalue weighted by molar-refractivity contribution is 5.73. The minimum Gasteiger partial charge on any atom is -0.211 e. The molecule has 0 amide bonds. The van der Waals surface area contributed by atoms with Gasteiger partial charge in [-0.1, -0.05) is 13.8 Å². The lowest BCUT2D eigenvalue weighted by Gasteiger charge is -2.18. The summed E-state index contributed by atoms with van der Waals surface area (Å²) in [6, 6.07) is 0. The lowest BCUT2D eigenvalue weighted by atomic mass is 9.89. The Morgan fingerprint density at radius 2 is 1.28 bits per heavy atom. The van der Waals surface area contributed by atoms with Crippen molar-refractivity contribution in [1.82, 2.24) is 0 Å². The molecule has 0 unspecified atom stereocenters. The fourth-order valence-electron chi connectivity index (χ4n) is 2.25. The fraction of sp³-hybridized carbons (Fsp3) is 0.429. The summed E-state index contributed by atoms with van der Waals surface area (Å²) in [6.45, 7) is 9.61. The maximum Gasteiger partial charge on any atom is 0.240 e. The fourth-order valence-corrected chi connectivity index (χ4v) is 2.25. The second-order valence-corrected chi connectivity index (χ2v) is 4.55. The molecule has 4 heteroatoms. The first-order chi connectivity index (χ1) is 8.45. The Kier molecular flexibility index (Phi) is 4.33. The molecule has 0 aliphatic heterocycles. The monoisotopic (exact) mass is 244 g/mol. The summed E-state index contributed by atoms with van der Waals surface area (Å²) in [7, 11) is 0. The van der Waals surface area contributed by atoms with Gasteiger partial charge in [0.15, 0.2) is 0 Å². The zero-order valence-electron chi connectivity index (χ0n) is 11.3. The molecule has 18 heavy (non-hydrogen) atoms. The largest absolute Gasteiger partial charge is 0.240 e. The molecule has 0 bridgehead atoms. The van der Waals surface area contributed by atoms with Crippen LogP contribution in [0.1, 0.15) is 42.0 Å². The van der Waals surface area contributed by atoms with Gasteiger partial charge in [0.1, 0.15) is 0 Å². The summed E-state index contributed by atoms with van der Waals surface area (Å²) >= 11 is 0. The first kappa shape index (κ1) is 14.0. The molecule has 94 valence electrons. The average Bonchev–Trinajstić information content (AvgIpc) is 2.31. The third kappa shape index (κ3) is 2.30. The van der Waals surface area contributed by atoms with Crippen molar-refractivity contribution in [3.63, 3.8) is 0 Å². The Labute approximate surface area is 106 Å². The van der Waals surface area contributed by atoms with Crippen molar-refractivity contribution in [3.8, 4) is 0 Å². The maximum atomic E-state index is 10.6. The molecular weight excluding hydrogens is 228 g/mol. The number of hydrogen-bond donors (Lipinski definition) is 0. The number of nitrogens with zero attached hydrogens (tertiary/aromatic N) is 2. The number of hydrogen-bond acceptors (Lipinski definition) is 4. The van der Waals surface area contributed by atoms with Crippen LogP contribution >= 0.6 is 0 Å². The van der Waals surface area contributed by atoms with Gasteiger partial charge in [-0.3, -0.25) is 0 Å². The smallest absolute Gasteiger partial charge is 0.211 e. The zero-order valence-corrected chi connectivity index (χ0v) is 11.3. The first-order valence-electron chi connectivity index (χ1n) is 5.75. The summed E-state index contributed by atoms with van der Waals surface area (Å²) in [5.41, 5.74) is 4.74. The van der Waals surface area contributed by atoms with E-state index in [0.717, 1.165) is 22.3 Å². The molecule has 1 rings (SSSR count). The van der Waals surface area contributed by atoms with E-state index in [0.29, 0.717) is 11.4 Å². The van der Waals surface area contributed by atoms with E-state index in [1.54, 1.807) is 12.2 Å². The number of carbonyl (C=O) groups excluding carboxylic acids is 2. The van der Waals surface area contributed by atoms with Crippen LogP contribution in [0, 0.1) is 20.8 Å². The van der Waals surface area contributed by atoms with Crippen molar-refractivity contribution in [2.24, 2.45) is 9.98 Å². The molecule has 0 atom stereocenters. The van der Waals surface area contributed by atoms with E-state index in [1.165, 1.54) is 0 Å². The van der Waals surface area contributed by atoms with Gasteiger partial charge in [-0.15, -0.1) is 0 Å². The SMILES string of the molecule is Cc1c(C)c(N=C=O)c(C(C)C)c(C)c1N=C=O. The van der Waals surface area contributed by atoms with Crippen LogP contribution in [-0.2, 0) is 9.59 Å². The molecule has 0 aliphatic carbocycles. The Morgan fingerprint density at radius 1 is 0.833 bits per heavy atom. The maximum absolute atomic E-state index is 10.6. The standard InChI is InChI=1S/C14H16N2O2/c1-8(2)12-11(5)13(15-6-17)9(3)10(4)14(12)16-7-18/h8H,1-5H3. The normalized spacial score (nSPS) is 9.89. The van der Waals surface area contributed by atoms with E-state index in [4.69, 9.17) is 0 Å². The lowest BCUT2D eigenvalue weighted by molar-refractivity contribution is 0.564. The third-order valence-corrected chi connectivity index (χ3v) is 3.18. The minimum absolute atomic E-state index is 0.178. The number of aliphatic imine (C=N–C) groups is 2. The molecule has 0 spiro atoms. The van der Waals surface area contributed by atoms with Gasteiger partial charge >= 0.3 is 0 Å².